The Morgan fingerprint density at radius 1 is 1.28 bits per heavy atom. The number of nitrogens with zero attached hydrogens (tertiary/aromatic N) is 2. The molecule has 94 valence electrons. The van der Waals surface area contributed by atoms with Gasteiger partial charge >= 0.3 is 0 Å². The summed E-state index contributed by atoms with van der Waals surface area (Å²) in [4.78, 5) is 7.26. The lowest BCUT2D eigenvalue weighted by molar-refractivity contribution is 0.445. The average molecular weight is 240 g/mol. The number of para-hydroxylation sites is 1. The van der Waals surface area contributed by atoms with Gasteiger partial charge in [-0.1, -0.05) is 25.1 Å². The minimum atomic E-state index is 0.785. The third-order valence-corrected chi connectivity index (χ3v) is 3.89. The van der Waals surface area contributed by atoms with E-state index in [1.165, 1.54) is 23.8 Å². The molecule has 1 aromatic carbocycles. The fraction of sp³-hybridized carbons (Fsp3) is 0.438. The topological polar surface area (TPSA) is 16.1 Å². The summed E-state index contributed by atoms with van der Waals surface area (Å²) in [5.41, 5.74) is 2.44. The van der Waals surface area contributed by atoms with Crippen LogP contribution in [-0.4, -0.2) is 18.1 Å². The zero-order valence-corrected chi connectivity index (χ0v) is 11.2. The van der Waals surface area contributed by atoms with E-state index in [0.29, 0.717) is 0 Å². The third-order valence-electron chi connectivity index (χ3n) is 3.89. The lowest BCUT2D eigenvalue weighted by Gasteiger charge is -2.32. The Morgan fingerprint density at radius 2 is 2.11 bits per heavy atom. The molecule has 1 aliphatic rings. The molecule has 1 unspecified atom stereocenters. The number of hydrogen-bond donors (Lipinski definition) is 0. The van der Waals surface area contributed by atoms with Gasteiger partial charge in [0.2, 0.25) is 0 Å². The molecule has 3 rings (SSSR count). The van der Waals surface area contributed by atoms with Gasteiger partial charge in [0.15, 0.2) is 0 Å². The monoisotopic (exact) mass is 240 g/mol. The predicted octanol–water partition coefficient (Wildman–Crippen LogP) is 3.78. The van der Waals surface area contributed by atoms with Gasteiger partial charge in [0.25, 0.3) is 0 Å². The Balaban J connectivity index is 2.02. The number of piperidine rings is 1. The Bertz CT molecular complexity index is 562. The van der Waals surface area contributed by atoms with E-state index < -0.39 is 0 Å². The van der Waals surface area contributed by atoms with E-state index in [0.717, 1.165) is 30.3 Å². The molecule has 2 nitrogen and oxygen atoms in total. The van der Waals surface area contributed by atoms with Crippen molar-refractivity contribution in [2.75, 3.05) is 18.0 Å². The normalized spacial score (nSPS) is 20.3. The van der Waals surface area contributed by atoms with Crippen LogP contribution in [0.25, 0.3) is 10.9 Å². The third kappa shape index (κ3) is 2.07. The van der Waals surface area contributed by atoms with Gasteiger partial charge in [0.1, 0.15) is 5.82 Å². The van der Waals surface area contributed by atoms with Crippen LogP contribution < -0.4 is 4.90 Å². The molecule has 1 saturated heterocycles. The van der Waals surface area contributed by atoms with Crippen LogP contribution in [0.2, 0.25) is 0 Å². The van der Waals surface area contributed by atoms with Gasteiger partial charge < -0.3 is 4.90 Å². The van der Waals surface area contributed by atoms with E-state index >= 15 is 0 Å². The summed E-state index contributed by atoms with van der Waals surface area (Å²) in [6, 6.07) is 10.6. The first-order valence-corrected chi connectivity index (χ1v) is 6.85. The lowest BCUT2D eigenvalue weighted by Crippen LogP contribution is -2.34. The van der Waals surface area contributed by atoms with E-state index in [1.807, 2.05) is 0 Å². The summed E-state index contributed by atoms with van der Waals surface area (Å²) in [6.07, 6.45) is 2.64. The van der Waals surface area contributed by atoms with Crippen LogP contribution in [0.1, 0.15) is 25.3 Å². The van der Waals surface area contributed by atoms with Crippen molar-refractivity contribution in [1.29, 1.82) is 0 Å². The molecule has 0 bridgehead atoms. The summed E-state index contributed by atoms with van der Waals surface area (Å²) in [5, 5.41) is 1.27. The maximum Gasteiger partial charge on any atom is 0.129 e. The second kappa shape index (κ2) is 4.60. The van der Waals surface area contributed by atoms with Gasteiger partial charge in [-0.25, -0.2) is 4.98 Å². The van der Waals surface area contributed by atoms with Crippen LogP contribution in [0.15, 0.2) is 30.3 Å². The van der Waals surface area contributed by atoms with Gasteiger partial charge in [-0.15, -0.1) is 0 Å². The molecular weight excluding hydrogens is 220 g/mol. The molecule has 2 heterocycles. The van der Waals surface area contributed by atoms with Gasteiger partial charge in [0, 0.05) is 18.5 Å². The second-order valence-corrected chi connectivity index (χ2v) is 5.51. The highest BCUT2D eigenvalue weighted by molar-refractivity contribution is 5.83. The molecule has 0 radical (unpaired) electrons. The zero-order valence-electron chi connectivity index (χ0n) is 11.2. The van der Waals surface area contributed by atoms with Crippen molar-refractivity contribution in [3.05, 3.63) is 35.9 Å². The Morgan fingerprint density at radius 3 is 2.94 bits per heavy atom. The fourth-order valence-electron chi connectivity index (χ4n) is 2.89. The smallest absolute Gasteiger partial charge is 0.129 e. The molecule has 2 aromatic rings. The molecule has 1 fully saturated rings. The van der Waals surface area contributed by atoms with Crippen LogP contribution >= 0.6 is 0 Å². The number of aromatic nitrogens is 1. The average Bonchev–Trinajstić information content (AvgIpc) is 2.39. The molecule has 0 spiro atoms. The van der Waals surface area contributed by atoms with Crippen LogP contribution in [0.4, 0.5) is 5.82 Å². The number of fused-ring (bicyclic) bond motifs is 1. The zero-order chi connectivity index (χ0) is 12.5. The van der Waals surface area contributed by atoms with Crippen molar-refractivity contribution in [3.63, 3.8) is 0 Å². The van der Waals surface area contributed by atoms with E-state index in [9.17, 15) is 0 Å². The van der Waals surface area contributed by atoms with Crippen molar-refractivity contribution < 1.29 is 0 Å². The quantitative estimate of drug-likeness (QED) is 0.754. The van der Waals surface area contributed by atoms with Gasteiger partial charge in [-0.3, -0.25) is 0 Å². The van der Waals surface area contributed by atoms with E-state index in [-0.39, 0.29) is 0 Å². The predicted molar refractivity (Wildman–Crippen MR) is 77.1 cm³/mol. The van der Waals surface area contributed by atoms with Gasteiger partial charge in [0.05, 0.1) is 5.52 Å². The van der Waals surface area contributed by atoms with E-state index in [4.69, 9.17) is 4.98 Å². The molecule has 1 atom stereocenters. The van der Waals surface area contributed by atoms with Gasteiger partial charge in [-0.2, -0.15) is 0 Å². The highest BCUT2D eigenvalue weighted by Gasteiger charge is 2.18. The van der Waals surface area contributed by atoms with E-state index in [1.54, 1.807) is 0 Å². The molecule has 0 N–H and O–H groups in total. The van der Waals surface area contributed by atoms with Crippen LogP contribution in [0.3, 0.4) is 0 Å². The molecule has 1 aromatic heterocycles. The molecular formula is C16H20N2. The maximum atomic E-state index is 4.82. The number of pyridine rings is 1. The first-order chi connectivity index (χ1) is 8.74. The van der Waals surface area contributed by atoms with Crippen molar-refractivity contribution in [2.45, 2.75) is 26.7 Å². The second-order valence-electron chi connectivity index (χ2n) is 5.51. The Hall–Kier alpha value is -1.57. The fourth-order valence-corrected chi connectivity index (χ4v) is 2.89. The summed E-state index contributed by atoms with van der Waals surface area (Å²) in [7, 11) is 0. The molecule has 1 aliphatic heterocycles. The number of rotatable bonds is 1. The Kier molecular flexibility index (Phi) is 2.94. The Labute approximate surface area is 109 Å². The number of benzene rings is 1. The molecule has 2 heteroatoms. The van der Waals surface area contributed by atoms with Gasteiger partial charge in [-0.05, 0) is 43.4 Å². The standard InChI is InChI=1S/C16H20N2/c1-12-6-5-9-18(11-12)16-10-13(2)14-7-3-4-8-15(14)17-16/h3-4,7-8,10,12H,5-6,9,11H2,1-2H3. The molecule has 0 amide bonds. The summed E-state index contributed by atoms with van der Waals surface area (Å²) in [5.74, 6) is 1.94. The molecule has 0 aliphatic carbocycles. The highest BCUT2D eigenvalue weighted by atomic mass is 15.2. The number of hydrogen-bond acceptors (Lipinski definition) is 2. The maximum absolute atomic E-state index is 4.82. The van der Waals surface area contributed by atoms with Crippen LogP contribution in [0.5, 0.6) is 0 Å². The first kappa shape index (κ1) is 11.5. The summed E-state index contributed by atoms with van der Waals surface area (Å²) in [6.45, 7) is 6.81. The first-order valence-electron chi connectivity index (χ1n) is 6.85. The summed E-state index contributed by atoms with van der Waals surface area (Å²) >= 11 is 0. The van der Waals surface area contributed by atoms with Crippen molar-refractivity contribution >= 4 is 16.7 Å². The summed E-state index contributed by atoms with van der Waals surface area (Å²) < 4.78 is 0. The van der Waals surface area contributed by atoms with Crippen LogP contribution in [0, 0.1) is 12.8 Å². The number of anilines is 1. The largest absolute Gasteiger partial charge is 0.356 e. The van der Waals surface area contributed by atoms with Crippen LogP contribution in [-0.2, 0) is 0 Å². The van der Waals surface area contributed by atoms with Crippen molar-refractivity contribution in [3.8, 4) is 0 Å². The number of aryl methyl sites for hydroxylation is 1. The van der Waals surface area contributed by atoms with E-state index in [2.05, 4.69) is 49.1 Å². The van der Waals surface area contributed by atoms with Crippen molar-refractivity contribution in [2.24, 2.45) is 5.92 Å². The minimum Gasteiger partial charge on any atom is -0.356 e. The molecule has 0 saturated carbocycles. The molecule has 18 heavy (non-hydrogen) atoms. The SMILES string of the molecule is Cc1cc(N2CCCC(C)C2)nc2ccccc12. The highest BCUT2D eigenvalue weighted by Crippen LogP contribution is 2.25. The van der Waals surface area contributed by atoms with Crippen molar-refractivity contribution in [1.82, 2.24) is 4.98 Å². The minimum absolute atomic E-state index is 0.785. The lowest BCUT2D eigenvalue weighted by atomic mass is 10.00.